The number of carbonyl (C=O) groups excluding carboxylic acids is 1. The van der Waals surface area contributed by atoms with Crippen molar-refractivity contribution < 1.29 is 4.79 Å². The van der Waals surface area contributed by atoms with E-state index in [-0.39, 0.29) is 23.1 Å². The summed E-state index contributed by atoms with van der Waals surface area (Å²) in [7, 11) is 0. The lowest BCUT2D eigenvalue weighted by Crippen LogP contribution is -2.39. The highest BCUT2D eigenvalue weighted by Crippen LogP contribution is 2.32. The largest absolute Gasteiger partial charge is 0.310 e. The predicted molar refractivity (Wildman–Crippen MR) is 108 cm³/mol. The number of carbonyl (C=O) groups is 1. The van der Waals surface area contributed by atoms with Gasteiger partial charge in [0.05, 0.1) is 6.54 Å². The Labute approximate surface area is 162 Å². The van der Waals surface area contributed by atoms with E-state index in [2.05, 4.69) is 0 Å². The van der Waals surface area contributed by atoms with Gasteiger partial charge in [0.1, 0.15) is 5.56 Å². The minimum atomic E-state index is -0.293. The molecule has 0 spiro atoms. The Morgan fingerprint density at radius 3 is 2.74 bits per heavy atom. The van der Waals surface area contributed by atoms with Crippen LogP contribution in [-0.4, -0.2) is 16.5 Å². The second-order valence-corrected chi connectivity index (χ2v) is 7.28. The number of nitrogens with zero attached hydrogens (tertiary/aromatic N) is 2. The fourth-order valence-electron chi connectivity index (χ4n) is 3.66. The van der Waals surface area contributed by atoms with E-state index in [1.165, 1.54) is 0 Å². The molecule has 3 aromatic rings. The maximum Gasteiger partial charge on any atom is 0.264 e. The molecule has 0 fully saturated rings. The molecule has 1 aliphatic heterocycles. The van der Waals surface area contributed by atoms with Crippen LogP contribution in [0.5, 0.6) is 0 Å². The van der Waals surface area contributed by atoms with Crippen LogP contribution in [0.15, 0.2) is 71.7 Å². The number of anilines is 1. The zero-order valence-electron chi connectivity index (χ0n) is 14.9. The maximum absolute atomic E-state index is 13.2. The topological polar surface area (TPSA) is 42.3 Å². The molecule has 136 valence electrons. The number of fused-ring (bicyclic) bond motifs is 1. The Bertz CT molecular complexity index is 1070. The molecule has 0 radical (unpaired) electrons. The maximum atomic E-state index is 13.2. The molecular formula is C22H19ClN2O2. The minimum absolute atomic E-state index is 0.0240. The van der Waals surface area contributed by atoms with E-state index in [0.717, 1.165) is 23.2 Å². The molecule has 1 amide bonds. The number of pyridine rings is 1. The smallest absolute Gasteiger partial charge is 0.264 e. The molecular weight excluding hydrogens is 360 g/mol. The number of amides is 1. The predicted octanol–water partition coefficient (Wildman–Crippen LogP) is 4.14. The lowest BCUT2D eigenvalue weighted by Gasteiger charge is -2.22. The van der Waals surface area contributed by atoms with Crippen molar-refractivity contribution >= 4 is 23.2 Å². The third kappa shape index (κ3) is 3.28. The van der Waals surface area contributed by atoms with Gasteiger partial charge in [-0.05, 0) is 54.8 Å². The van der Waals surface area contributed by atoms with Crippen molar-refractivity contribution in [3.63, 3.8) is 0 Å². The number of rotatable bonds is 3. The number of benzene rings is 2. The first kappa shape index (κ1) is 17.6. The summed E-state index contributed by atoms with van der Waals surface area (Å²) in [6, 6.07) is 18.6. The van der Waals surface area contributed by atoms with Gasteiger partial charge in [-0.3, -0.25) is 9.59 Å². The van der Waals surface area contributed by atoms with Crippen LogP contribution < -0.4 is 10.5 Å². The second-order valence-electron chi connectivity index (χ2n) is 6.84. The molecule has 0 bridgehead atoms. The van der Waals surface area contributed by atoms with Crippen molar-refractivity contribution in [2.75, 3.05) is 4.90 Å². The van der Waals surface area contributed by atoms with Crippen molar-refractivity contribution in [3.05, 3.63) is 98.9 Å². The lowest BCUT2D eigenvalue weighted by atomic mass is 10.1. The van der Waals surface area contributed by atoms with E-state index in [0.29, 0.717) is 11.6 Å². The number of hydrogen-bond donors (Lipinski definition) is 0. The molecule has 4 nitrogen and oxygen atoms in total. The van der Waals surface area contributed by atoms with Gasteiger partial charge in [-0.1, -0.05) is 41.9 Å². The van der Waals surface area contributed by atoms with Crippen LogP contribution in [-0.2, 0) is 13.0 Å². The van der Waals surface area contributed by atoms with Crippen LogP contribution in [0.25, 0.3) is 0 Å². The van der Waals surface area contributed by atoms with E-state index >= 15 is 0 Å². The Hall–Kier alpha value is -2.85. The summed E-state index contributed by atoms with van der Waals surface area (Å²) in [4.78, 5) is 27.9. The molecule has 4 rings (SSSR count). The number of hydrogen-bond acceptors (Lipinski definition) is 2. The highest BCUT2D eigenvalue weighted by atomic mass is 35.5. The Balaban J connectivity index is 1.69. The Morgan fingerprint density at radius 2 is 1.93 bits per heavy atom. The van der Waals surface area contributed by atoms with Gasteiger partial charge in [-0.15, -0.1) is 0 Å². The summed E-state index contributed by atoms with van der Waals surface area (Å²) in [6.45, 7) is 2.37. The molecule has 0 saturated heterocycles. The first-order valence-corrected chi connectivity index (χ1v) is 9.28. The lowest BCUT2D eigenvalue weighted by molar-refractivity contribution is 0.0979. The first-order chi connectivity index (χ1) is 13.0. The molecule has 0 saturated carbocycles. The Morgan fingerprint density at radius 1 is 1.11 bits per heavy atom. The molecule has 0 unspecified atom stereocenters. The summed E-state index contributed by atoms with van der Waals surface area (Å²) in [6.07, 6.45) is 2.49. The SMILES string of the molecule is C[C@H]1Cc2ccccc2N1C(=O)c1cccn(Cc2cccc(Cl)c2)c1=O. The molecule has 2 aromatic carbocycles. The molecule has 1 aromatic heterocycles. The third-order valence-corrected chi connectivity index (χ3v) is 5.15. The molecule has 5 heteroatoms. The van der Waals surface area contributed by atoms with Crippen LogP contribution in [0.2, 0.25) is 5.02 Å². The van der Waals surface area contributed by atoms with Crippen LogP contribution in [0, 0.1) is 0 Å². The highest BCUT2D eigenvalue weighted by molar-refractivity contribution is 6.30. The van der Waals surface area contributed by atoms with Gasteiger partial charge in [0.15, 0.2) is 0 Å². The van der Waals surface area contributed by atoms with Gasteiger partial charge < -0.3 is 9.47 Å². The second kappa shape index (κ2) is 7.05. The normalized spacial score (nSPS) is 15.6. The molecule has 1 atom stereocenters. The fraction of sp³-hybridized carbons (Fsp3) is 0.182. The number of para-hydroxylation sites is 1. The molecule has 0 N–H and O–H groups in total. The van der Waals surface area contributed by atoms with E-state index < -0.39 is 0 Å². The fourth-order valence-corrected chi connectivity index (χ4v) is 3.87. The number of aromatic nitrogens is 1. The van der Waals surface area contributed by atoms with Crippen molar-refractivity contribution in [1.29, 1.82) is 0 Å². The van der Waals surface area contributed by atoms with E-state index in [9.17, 15) is 9.59 Å². The summed E-state index contributed by atoms with van der Waals surface area (Å²) in [5.74, 6) is -0.252. The summed E-state index contributed by atoms with van der Waals surface area (Å²) >= 11 is 6.03. The summed E-state index contributed by atoms with van der Waals surface area (Å²) in [5, 5.41) is 0.621. The number of halogens is 1. The van der Waals surface area contributed by atoms with E-state index in [4.69, 9.17) is 11.6 Å². The zero-order chi connectivity index (χ0) is 19.0. The van der Waals surface area contributed by atoms with E-state index in [1.54, 1.807) is 33.9 Å². The van der Waals surface area contributed by atoms with Crippen molar-refractivity contribution in [1.82, 2.24) is 4.57 Å². The highest BCUT2D eigenvalue weighted by Gasteiger charge is 2.32. The van der Waals surface area contributed by atoms with Gasteiger partial charge in [0, 0.05) is 22.9 Å². The van der Waals surface area contributed by atoms with Gasteiger partial charge in [-0.25, -0.2) is 0 Å². The van der Waals surface area contributed by atoms with Crippen LogP contribution >= 0.6 is 11.6 Å². The van der Waals surface area contributed by atoms with Gasteiger partial charge in [0.2, 0.25) is 0 Å². The molecule has 2 heterocycles. The van der Waals surface area contributed by atoms with E-state index in [1.807, 2.05) is 49.4 Å². The van der Waals surface area contributed by atoms with Crippen LogP contribution in [0.3, 0.4) is 0 Å². The van der Waals surface area contributed by atoms with Crippen molar-refractivity contribution in [2.45, 2.75) is 25.9 Å². The van der Waals surface area contributed by atoms with Gasteiger partial charge in [-0.2, -0.15) is 0 Å². The summed E-state index contributed by atoms with van der Waals surface area (Å²) < 4.78 is 1.55. The Kier molecular flexibility index (Phi) is 4.58. The summed E-state index contributed by atoms with van der Waals surface area (Å²) in [5.41, 5.74) is 2.82. The van der Waals surface area contributed by atoms with Crippen molar-refractivity contribution in [3.8, 4) is 0 Å². The monoisotopic (exact) mass is 378 g/mol. The molecule has 1 aliphatic rings. The first-order valence-electron chi connectivity index (χ1n) is 8.90. The van der Waals surface area contributed by atoms with Crippen molar-refractivity contribution in [2.24, 2.45) is 0 Å². The zero-order valence-corrected chi connectivity index (χ0v) is 15.7. The quantitative estimate of drug-likeness (QED) is 0.687. The molecule has 27 heavy (non-hydrogen) atoms. The van der Waals surface area contributed by atoms with Gasteiger partial charge in [0.25, 0.3) is 11.5 Å². The average Bonchev–Trinajstić information content (AvgIpc) is 2.99. The molecule has 0 aliphatic carbocycles. The van der Waals surface area contributed by atoms with Crippen LogP contribution in [0.4, 0.5) is 5.69 Å². The standard InChI is InChI=1S/C22H19ClN2O2/c1-15-12-17-7-2-3-10-20(17)25(15)22(27)19-9-5-11-24(21(19)26)14-16-6-4-8-18(23)13-16/h2-11,13,15H,12,14H2,1H3/t15-/m0/s1. The minimum Gasteiger partial charge on any atom is -0.310 e. The third-order valence-electron chi connectivity index (χ3n) is 4.92. The van der Waals surface area contributed by atoms with Crippen LogP contribution in [0.1, 0.15) is 28.4 Å². The van der Waals surface area contributed by atoms with Gasteiger partial charge >= 0.3 is 0 Å². The average molecular weight is 379 g/mol.